The minimum atomic E-state index is -0.558. The molecule has 0 bridgehead atoms. The fraction of sp³-hybridized carbons (Fsp3) is 0.0769. The number of carbonyl (C=O) groups excluding carboxylic acids is 1. The first-order valence-electron chi connectivity index (χ1n) is 5.48. The van der Waals surface area contributed by atoms with Gasteiger partial charge in [0.2, 0.25) is 0 Å². The second-order valence-electron chi connectivity index (χ2n) is 3.77. The van der Waals surface area contributed by atoms with Gasteiger partial charge in [0.25, 0.3) is 0 Å². The first-order chi connectivity index (χ1) is 9.51. The molecule has 0 atom stereocenters. The highest BCUT2D eigenvalue weighted by Gasteiger charge is 2.11. The maximum atomic E-state index is 11.4. The van der Waals surface area contributed by atoms with Crippen LogP contribution in [-0.4, -0.2) is 18.1 Å². The summed E-state index contributed by atoms with van der Waals surface area (Å²) in [5.74, 6) is 0.157. The number of hydrogen-bond acceptors (Lipinski definition) is 5. The normalized spacial score (nSPS) is 10.2. The largest absolute Gasteiger partial charge is 0.464 e. The molecule has 1 aromatic heterocycles. The van der Waals surface area contributed by atoms with E-state index in [0.717, 1.165) is 0 Å². The molecule has 20 heavy (non-hydrogen) atoms. The number of esters is 1. The molecule has 2 N–H and O–H groups in total. The first-order valence-corrected chi connectivity index (χ1v) is 6.23. The number of halogens is 2. The Hall–Kier alpha value is -1.98. The lowest BCUT2D eigenvalue weighted by molar-refractivity contribution is 0.0593. The molecule has 0 aliphatic rings. The number of pyridine rings is 1. The van der Waals surface area contributed by atoms with Crippen molar-refractivity contribution in [3.05, 3.63) is 46.2 Å². The Bertz CT molecular complexity index is 662. The van der Waals surface area contributed by atoms with Crippen LogP contribution in [0.1, 0.15) is 10.5 Å². The van der Waals surface area contributed by atoms with E-state index < -0.39 is 5.97 Å². The van der Waals surface area contributed by atoms with Gasteiger partial charge in [0.15, 0.2) is 11.4 Å². The summed E-state index contributed by atoms with van der Waals surface area (Å²) in [6, 6.07) is 6.00. The Morgan fingerprint density at radius 1 is 1.25 bits per heavy atom. The highest BCUT2D eigenvalue weighted by molar-refractivity contribution is 6.42. The van der Waals surface area contributed by atoms with Crippen LogP contribution >= 0.6 is 23.2 Å². The minimum Gasteiger partial charge on any atom is -0.464 e. The standard InChI is InChI=1S/C13H10Cl2N2O3/c1-19-13(18)11-4-7(2-3-17-11)20-12-6-9(15)8(14)5-10(12)16/h2-6H,16H2,1H3. The third kappa shape index (κ3) is 3.12. The lowest BCUT2D eigenvalue weighted by atomic mass is 10.3. The summed E-state index contributed by atoms with van der Waals surface area (Å²) in [7, 11) is 1.27. The molecule has 0 aliphatic carbocycles. The van der Waals surface area contributed by atoms with Gasteiger partial charge < -0.3 is 15.2 Å². The van der Waals surface area contributed by atoms with Crippen LogP contribution in [0, 0.1) is 0 Å². The van der Waals surface area contributed by atoms with E-state index in [0.29, 0.717) is 27.2 Å². The predicted molar refractivity (Wildman–Crippen MR) is 76.5 cm³/mol. The molecular formula is C13H10Cl2N2O3. The summed E-state index contributed by atoms with van der Waals surface area (Å²) in [5.41, 5.74) is 6.24. The number of nitrogens with zero attached hydrogens (tertiary/aromatic N) is 1. The van der Waals surface area contributed by atoms with Gasteiger partial charge in [0.05, 0.1) is 22.8 Å². The fourth-order valence-corrected chi connectivity index (χ4v) is 1.78. The van der Waals surface area contributed by atoms with Crippen molar-refractivity contribution in [1.29, 1.82) is 0 Å². The zero-order valence-corrected chi connectivity index (χ0v) is 11.9. The second-order valence-corrected chi connectivity index (χ2v) is 4.59. The van der Waals surface area contributed by atoms with Crippen LogP contribution in [0.2, 0.25) is 10.0 Å². The number of anilines is 1. The molecule has 0 fully saturated rings. The molecule has 0 spiro atoms. The minimum absolute atomic E-state index is 0.128. The van der Waals surface area contributed by atoms with Crippen molar-refractivity contribution in [2.75, 3.05) is 12.8 Å². The average molecular weight is 313 g/mol. The van der Waals surface area contributed by atoms with Crippen molar-refractivity contribution in [1.82, 2.24) is 4.98 Å². The Balaban J connectivity index is 2.31. The van der Waals surface area contributed by atoms with Crippen LogP contribution in [0.25, 0.3) is 0 Å². The maximum absolute atomic E-state index is 11.4. The Morgan fingerprint density at radius 2 is 1.95 bits per heavy atom. The topological polar surface area (TPSA) is 74.4 Å². The molecule has 1 aromatic carbocycles. The molecule has 104 valence electrons. The van der Waals surface area contributed by atoms with E-state index in [1.807, 2.05) is 0 Å². The molecule has 0 saturated heterocycles. The molecule has 0 saturated carbocycles. The molecular weight excluding hydrogens is 303 g/mol. The highest BCUT2D eigenvalue weighted by Crippen LogP contribution is 2.35. The van der Waals surface area contributed by atoms with Crippen molar-refractivity contribution in [2.24, 2.45) is 0 Å². The number of nitrogens with two attached hydrogens (primary N) is 1. The third-order valence-electron chi connectivity index (χ3n) is 2.41. The zero-order chi connectivity index (χ0) is 14.7. The molecule has 2 rings (SSSR count). The van der Waals surface area contributed by atoms with Crippen molar-refractivity contribution >= 4 is 34.9 Å². The molecule has 0 radical (unpaired) electrons. The number of methoxy groups -OCH3 is 1. The Morgan fingerprint density at radius 3 is 2.65 bits per heavy atom. The van der Waals surface area contributed by atoms with Crippen LogP contribution in [0.3, 0.4) is 0 Å². The van der Waals surface area contributed by atoms with Gasteiger partial charge in [-0.3, -0.25) is 0 Å². The van der Waals surface area contributed by atoms with Crippen LogP contribution in [-0.2, 0) is 4.74 Å². The summed E-state index contributed by atoms with van der Waals surface area (Å²) in [6.07, 6.45) is 1.43. The highest BCUT2D eigenvalue weighted by atomic mass is 35.5. The summed E-state index contributed by atoms with van der Waals surface area (Å²) in [5, 5.41) is 0.652. The summed E-state index contributed by atoms with van der Waals surface area (Å²) in [6.45, 7) is 0. The van der Waals surface area contributed by atoms with E-state index in [4.69, 9.17) is 33.7 Å². The fourth-order valence-electron chi connectivity index (χ4n) is 1.45. The van der Waals surface area contributed by atoms with E-state index in [1.54, 1.807) is 6.07 Å². The molecule has 0 amide bonds. The van der Waals surface area contributed by atoms with E-state index in [1.165, 1.54) is 31.5 Å². The molecule has 0 aliphatic heterocycles. The van der Waals surface area contributed by atoms with E-state index >= 15 is 0 Å². The second kappa shape index (κ2) is 5.98. The summed E-state index contributed by atoms with van der Waals surface area (Å²) >= 11 is 11.7. The molecule has 7 heteroatoms. The first kappa shape index (κ1) is 14.4. The third-order valence-corrected chi connectivity index (χ3v) is 3.13. The van der Waals surface area contributed by atoms with Gasteiger partial charge >= 0.3 is 5.97 Å². The van der Waals surface area contributed by atoms with E-state index in [-0.39, 0.29) is 5.69 Å². The van der Waals surface area contributed by atoms with Gasteiger partial charge in [-0.15, -0.1) is 0 Å². The van der Waals surface area contributed by atoms with Crippen LogP contribution in [0.15, 0.2) is 30.5 Å². The number of rotatable bonds is 3. The molecule has 2 aromatic rings. The van der Waals surface area contributed by atoms with Gasteiger partial charge in [0, 0.05) is 18.3 Å². The predicted octanol–water partition coefficient (Wildman–Crippen LogP) is 3.55. The van der Waals surface area contributed by atoms with Crippen molar-refractivity contribution in [2.45, 2.75) is 0 Å². The van der Waals surface area contributed by atoms with Gasteiger partial charge in [-0.2, -0.15) is 0 Å². The lowest BCUT2D eigenvalue weighted by Crippen LogP contribution is -2.04. The Labute approximate surface area is 125 Å². The van der Waals surface area contributed by atoms with Crippen molar-refractivity contribution < 1.29 is 14.3 Å². The number of hydrogen-bond donors (Lipinski definition) is 1. The number of carbonyl (C=O) groups is 1. The summed E-state index contributed by atoms with van der Waals surface area (Å²) in [4.78, 5) is 15.3. The van der Waals surface area contributed by atoms with Crippen LogP contribution in [0.4, 0.5) is 5.69 Å². The smallest absolute Gasteiger partial charge is 0.356 e. The Kier molecular flexibility index (Phi) is 4.32. The molecule has 5 nitrogen and oxygen atoms in total. The lowest BCUT2D eigenvalue weighted by Gasteiger charge is -2.10. The summed E-state index contributed by atoms with van der Waals surface area (Å²) < 4.78 is 10.1. The van der Waals surface area contributed by atoms with Crippen molar-refractivity contribution in [3.8, 4) is 11.5 Å². The van der Waals surface area contributed by atoms with E-state index in [9.17, 15) is 4.79 Å². The SMILES string of the molecule is COC(=O)c1cc(Oc2cc(Cl)c(Cl)cc2N)ccn1. The number of aromatic nitrogens is 1. The maximum Gasteiger partial charge on any atom is 0.356 e. The molecule has 0 unspecified atom stereocenters. The molecule has 1 heterocycles. The zero-order valence-electron chi connectivity index (χ0n) is 10.4. The van der Waals surface area contributed by atoms with Gasteiger partial charge in [-0.05, 0) is 12.1 Å². The quantitative estimate of drug-likeness (QED) is 0.693. The average Bonchev–Trinajstić information content (AvgIpc) is 2.44. The number of ether oxygens (including phenoxy) is 2. The monoisotopic (exact) mass is 312 g/mol. The van der Waals surface area contributed by atoms with E-state index in [2.05, 4.69) is 9.72 Å². The number of benzene rings is 1. The van der Waals surface area contributed by atoms with Crippen molar-refractivity contribution in [3.63, 3.8) is 0 Å². The number of nitrogen functional groups attached to an aromatic ring is 1. The van der Waals surface area contributed by atoms with Gasteiger partial charge in [0.1, 0.15) is 5.75 Å². The van der Waals surface area contributed by atoms with Gasteiger partial charge in [-0.1, -0.05) is 23.2 Å². The van der Waals surface area contributed by atoms with Gasteiger partial charge in [-0.25, -0.2) is 9.78 Å². The van der Waals surface area contributed by atoms with Crippen LogP contribution < -0.4 is 10.5 Å². The van der Waals surface area contributed by atoms with Crippen LogP contribution in [0.5, 0.6) is 11.5 Å².